The number of ketones is 1. The van der Waals surface area contributed by atoms with Gasteiger partial charge in [-0.05, 0) is 56.2 Å². The number of thioether (sulfide) groups is 1. The fourth-order valence-electron chi connectivity index (χ4n) is 2.77. The molecule has 4 rings (SSSR count). The summed E-state index contributed by atoms with van der Waals surface area (Å²) in [6.07, 6.45) is 2.30. The van der Waals surface area contributed by atoms with Crippen molar-refractivity contribution in [2.75, 3.05) is 5.75 Å². The molecule has 2 aromatic carbocycles. The van der Waals surface area contributed by atoms with Crippen LogP contribution >= 0.6 is 23.4 Å². The highest BCUT2D eigenvalue weighted by molar-refractivity contribution is 7.99. The second-order valence-corrected chi connectivity index (χ2v) is 7.88. The van der Waals surface area contributed by atoms with Gasteiger partial charge >= 0.3 is 0 Å². The normalized spacial score (nSPS) is 13.8. The number of aryl methyl sites for hydroxylation is 1. The van der Waals surface area contributed by atoms with Crippen LogP contribution in [0.3, 0.4) is 0 Å². The highest BCUT2D eigenvalue weighted by Crippen LogP contribution is 2.41. The first kappa shape index (κ1) is 17.3. The average Bonchev–Trinajstić information content (AvgIpc) is 3.41. The minimum absolute atomic E-state index is 0.0538. The van der Waals surface area contributed by atoms with E-state index in [0.717, 1.165) is 29.5 Å². The van der Waals surface area contributed by atoms with Gasteiger partial charge in [0.1, 0.15) is 5.82 Å². The van der Waals surface area contributed by atoms with Gasteiger partial charge in [-0.15, -0.1) is 10.2 Å². The fourth-order valence-corrected chi connectivity index (χ4v) is 3.75. The lowest BCUT2D eigenvalue weighted by Crippen LogP contribution is -2.05. The second kappa shape index (κ2) is 7.25. The minimum atomic E-state index is 0.0538. The summed E-state index contributed by atoms with van der Waals surface area (Å²) in [5.41, 5.74) is 2.91. The molecule has 0 bridgehead atoms. The van der Waals surface area contributed by atoms with Crippen LogP contribution in [0.1, 0.15) is 40.5 Å². The minimum Gasteiger partial charge on any atom is -0.293 e. The molecule has 26 heavy (non-hydrogen) atoms. The lowest BCUT2D eigenvalue weighted by Gasteiger charge is -2.10. The average molecular weight is 384 g/mol. The van der Waals surface area contributed by atoms with E-state index in [4.69, 9.17) is 11.6 Å². The summed E-state index contributed by atoms with van der Waals surface area (Å²) < 4.78 is 2.09. The van der Waals surface area contributed by atoms with Crippen molar-refractivity contribution >= 4 is 29.1 Å². The molecule has 1 aromatic heterocycles. The Hall–Kier alpha value is -2.11. The third kappa shape index (κ3) is 3.69. The molecule has 0 saturated heterocycles. The Morgan fingerprint density at radius 2 is 1.81 bits per heavy atom. The van der Waals surface area contributed by atoms with Gasteiger partial charge < -0.3 is 0 Å². The van der Waals surface area contributed by atoms with Gasteiger partial charge in [-0.25, -0.2) is 0 Å². The first-order chi connectivity index (χ1) is 12.6. The van der Waals surface area contributed by atoms with Crippen LogP contribution in [0.4, 0.5) is 0 Å². The molecule has 1 aliphatic rings. The van der Waals surface area contributed by atoms with Gasteiger partial charge in [0, 0.05) is 22.2 Å². The summed E-state index contributed by atoms with van der Waals surface area (Å²) in [6, 6.07) is 15.3. The summed E-state index contributed by atoms with van der Waals surface area (Å²) in [5.74, 6) is 1.84. The number of rotatable bonds is 6. The zero-order valence-electron chi connectivity index (χ0n) is 14.4. The zero-order valence-corrected chi connectivity index (χ0v) is 15.9. The second-order valence-electron chi connectivity index (χ2n) is 6.50. The molecule has 0 amide bonds. The smallest absolute Gasteiger partial charge is 0.196 e. The van der Waals surface area contributed by atoms with Crippen molar-refractivity contribution in [2.45, 2.75) is 30.8 Å². The van der Waals surface area contributed by atoms with Gasteiger partial charge in [0.25, 0.3) is 0 Å². The van der Waals surface area contributed by atoms with Gasteiger partial charge in [0.15, 0.2) is 10.9 Å². The van der Waals surface area contributed by atoms with E-state index in [9.17, 15) is 4.79 Å². The van der Waals surface area contributed by atoms with E-state index in [2.05, 4.69) is 46.0 Å². The molecule has 3 aromatic rings. The van der Waals surface area contributed by atoms with Crippen LogP contribution in [0.5, 0.6) is 0 Å². The summed E-state index contributed by atoms with van der Waals surface area (Å²) >= 11 is 7.32. The molecule has 1 aliphatic carbocycles. The van der Waals surface area contributed by atoms with E-state index in [1.54, 1.807) is 24.3 Å². The topological polar surface area (TPSA) is 47.8 Å². The Labute approximate surface area is 161 Å². The number of benzene rings is 2. The van der Waals surface area contributed by atoms with Crippen LogP contribution in [0, 0.1) is 6.92 Å². The van der Waals surface area contributed by atoms with Crippen LogP contribution in [0.25, 0.3) is 5.69 Å². The number of halogens is 1. The van der Waals surface area contributed by atoms with E-state index >= 15 is 0 Å². The third-order valence-corrected chi connectivity index (χ3v) is 5.57. The summed E-state index contributed by atoms with van der Waals surface area (Å²) in [6.45, 7) is 2.07. The third-order valence-electron chi connectivity index (χ3n) is 4.39. The van der Waals surface area contributed by atoms with Crippen LogP contribution in [0.2, 0.25) is 5.02 Å². The molecule has 0 atom stereocenters. The number of Topliss-reactive ketones (excluding diaryl/α,β-unsaturated/α-hetero) is 1. The molecule has 0 spiro atoms. The highest BCUT2D eigenvalue weighted by atomic mass is 35.5. The Morgan fingerprint density at radius 3 is 2.46 bits per heavy atom. The van der Waals surface area contributed by atoms with Crippen molar-refractivity contribution in [1.82, 2.24) is 14.8 Å². The van der Waals surface area contributed by atoms with Crippen molar-refractivity contribution in [3.8, 4) is 5.69 Å². The number of carbonyl (C=O) groups is 1. The predicted octanol–water partition coefficient (Wildman–Crippen LogP) is 5.08. The number of hydrogen-bond donors (Lipinski definition) is 0. The highest BCUT2D eigenvalue weighted by Gasteiger charge is 2.31. The van der Waals surface area contributed by atoms with Gasteiger partial charge in [0.05, 0.1) is 5.75 Å². The lowest BCUT2D eigenvalue weighted by molar-refractivity contribution is 0.102. The Balaban J connectivity index is 1.57. The Kier molecular flexibility index (Phi) is 4.83. The number of carbonyl (C=O) groups excluding carboxylic acids is 1. The quantitative estimate of drug-likeness (QED) is 0.440. The van der Waals surface area contributed by atoms with Crippen LogP contribution in [0.15, 0.2) is 53.7 Å². The van der Waals surface area contributed by atoms with Crippen LogP contribution < -0.4 is 0 Å². The molecule has 4 nitrogen and oxygen atoms in total. The summed E-state index contributed by atoms with van der Waals surface area (Å²) in [4.78, 5) is 12.5. The summed E-state index contributed by atoms with van der Waals surface area (Å²) in [7, 11) is 0. The molecule has 132 valence electrons. The number of hydrogen-bond acceptors (Lipinski definition) is 4. The fraction of sp³-hybridized carbons (Fsp3) is 0.250. The van der Waals surface area contributed by atoms with Gasteiger partial charge in [-0.2, -0.15) is 0 Å². The monoisotopic (exact) mass is 383 g/mol. The van der Waals surface area contributed by atoms with Crippen molar-refractivity contribution in [3.63, 3.8) is 0 Å². The first-order valence-electron chi connectivity index (χ1n) is 8.56. The van der Waals surface area contributed by atoms with Crippen molar-refractivity contribution in [3.05, 3.63) is 70.5 Å². The number of aromatic nitrogens is 3. The molecule has 6 heteroatoms. The molecular formula is C20H18ClN3OS. The SMILES string of the molecule is Cc1ccc(-n2c(SCC(=O)c3ccc(Cl)cc3)nnc2C2CC2)cc1. The molecular weight excluding hydrogens is 366 g/mol. The van der Waals surface area contributed by atoms with Gasteiger partial charge in [-0.1, -0.05) is 41.1 Å². The predicted molar refractivity (Wildman–Crippen MR) is 105 cm³/mol. The van der Waals surface area contributed by atoms with Crippen molar-refractivity contribution < 1.29 is 4.79 Å². The maximum Gasteiger partial charge on any atom is 0.196 e. The van der Waals surface area contributed by atoms with Crippen LogP contribution in [-0.2, 0) is 0 Å². The molecule has 0 N–H and O–H groups in total. The van der Waals surface area contributed by atoms with Crippen molar-refractivity contribution in [2.24, 2.45) is 0 Å². The molecule has 1 fully saturated rings. The van der Waals surface area contributed by atoms with Gasteiger partial charge in [0.2, 0.25) is 0 Å². The Morgan fingerprint density at radius 1 is 1.12 bits per heavy atom. The molecule has 1 saturated carbocycles. The van der Waals surface area contributed by atoms with Gasteiger partial charge in [-0.3, -0.25) is 9.36 Å². The zero-order chi connectivity index (χ0) is 18.1. The number of nitrogens with zero attached hydrogens (tertiary/aromatic N) is 3. The lowest BCUT2D eigenvalue weighted by atomic mass is 10.1. The molecule has 0 radical (unpaired) electrons. The Bertz CT molecular complexity index is 931. The van der Waals surface area contributed by atoms with Crippen molar-refractivity contribution in [1.29, 1.82) is 0 Å². The standard InChI is InChI=1S/C20H18ClN3OS/c1-13-2-10-17(11-3-13)24-19(15-4-5-15)22-23-20(24)26-12-18(25)14-6-8-16(21)9-7-14/h2-3,6-11,15H,4-5,12H2,1H3. The summed E-state index contributed by atoms with van der Waals surface area (Å²) in [5, 5.41) is 10.2. The first-order valence-corrected chi connectivity index (χ1v) is 9.92. The van der Waals surface area contributed by atoms with E-state index < -0.39 is 0 Å². The maximum absolute atomic E-state index is 12.5. The van der Waals surface area contributed by atoms with E-state index in [1.165, 1.54) is 17.3 Å². The van der Waals surface area contributed by atoms with E-state index in [0.29, 0.717) is 22.3 Å². The molecule has 1 heterocycles. The maximum atomic E-state index is 12.5. The van der Waals surface area contributed by atoms with E-state index in [-0.39, 0.29) is 5.78 Å². The van der Waals surface area contributed by atoms with Crippen LogP contribution in [-0.4, -0.2) is 26.3 Å². The largest absolute Gasteiger partial charge is 0.293 e. The molecule has 0 aliphatic heterocycles. The molecule has 0 unspecified atom stereocenters. The van der Waals surface area contributed by atoms with E-state index in [1.807, 2.05) is 0 Å².